The number of carbonyl (C=O) groups is 2. The van der Waals surface area contributed by atoms with Gasteiger partial charge in [-0.15, -0.1) is 0 Å². The number of furan rings is 1. The van der Waals surface area contributed by atoms with Crippen molar-refractivity contribution in [3.05, 3.63) is 53.5 Å². The summed E-state index contributed by atoms with van der Waals surface area (Å²) in [6.07, 6.45) is 0.334. The molecule has 0 bridgehead atoms. The van der Waals surface area contributed by atoms with Crippen molar-refractivity contribution in [1.29, 1.82) is 0 Å². The zero-order chi connectivity index (χ0) is 21.9. The third kappa shape index (κ3) is 4.68. The van der Waals surface area contributed by atoms with Gasteiger partial charge in [0.25, 0.3) is 0 Å². The second-order valence-corrected chi connectivity index (χ2v) is 8.52. The van der Waals surface area contributed by atoms with E-state index in [1.807, 2.05) is 0 Å². The van der Waals surface area contributed by atoms with Crippen LogP contribution >= 0.6 is 0 Å². The van der Waals surface area contributed by atoms with Crippen molar-refractivity contribution < 1.29 is 40.7 Å². The van der Waals surface area contributed by atoms with E-state index in [1.165, 1.54) is 19.2 Å². The molecule has 0 spiro atoms. The number of halogens is 2. The Kier molecular flexibility index (Phi) is 6.52. The van der Waals surface area contributed by atoms with Crippen LogP contribution in [-0.4, -0.2) is 44.9 Å². The predicted octanol–water partition coefficient (Wildman–Crippen LogP) is 2.49. The number of sulfonamides is 1. The van der Waals surface area contributed by atoms with Gasteiger partial charge in [-0.3, -0.25) is 4.79 Å². The SMILES string of the molecule is COC(=O)c1ccc(COC(=O)C2CCN(S(=O)(=O)c3cc(F)ccc3F)CC2)o1. The second-order valence-electron chi connectivity index (χ2n) is 6.62. The maximum absolute atomic E-state index is 13.9. The van der Waals surface area contributed by atoms with Crippen molar-refractivity contribution in [3.8, 4) is 0 Å². The average molecular weight is 443 g/mol. The van der Waals surface area contributed by atoms with Crippen LogP contribution in [0.5, 0.6) is 0 Å². The molecule has 1 aromatic heterocycles. The molecule has 1 fully saturated rings. The van der Waals surface area contributed by atoms with E-state index in [0.717, 1.165) is 16.4 Å². The fourth-order valence-corrected chi connectivity index (χ4v) is 4.62. The first kappa shape index (κ1) is 21.9. The Hall–Kier alpha value is -2.79. The number of rotatable bonds is 6. The van der Waals surface area contributed by atoms with Crippen LogP contribution in [0, 0.1) is 17.6 Å². The molecule has 0 atom stereocenters. The molecule has 0 N–H and O–H groups in total. The van der Waals surface area contributed by atoms with Gasteiger partial charge in [0.05, 0.1) is 13.0 Å². The van der Waals surface area contributed by atoms with E-state index in [-0.39, 0.29) is 44.1 Å². The van der Waals surface area contributed by atoms with Crippen LogP contribution in [0.15, 0.2) is 39.6 Å². The van der Waals surface area contributed by atoms with Crippen molar-refractivity contribution in [2.45, 2.75) is 24.3 Å². The molecular weight excluding hydrogens is 424 g/mol. The first-order chi connectivity index (χ1) is 14.2. The highest BCUT2D eigenvalue weighted by molar-refractivity contribution is 7.89. The van der Waals surface area contributed by atoms with Crippen molar-refractivity contribution in [2.24, 2.45) is 5.92 Å². The first-order valence-electron chi connectivity index (χ1n) is 9.01. The Bertz CT molecular complexity index is 1040. The smallest absolute Gasteiger partial charge is 0.373 e. The van der Waals surface area contributed by atoms with Crippen LogP contribution in [0.25, 0.3) is 0 Å². The molecular formula is C19H19F2NO7S. The van der Waals surface area contributed by atoms with Gasteiger partial charge in [-0.1, -0.05) is 0 Å². The highest BCUT2D eigenvalue weighted by atomic mass is 32.2. The molecule has 162 valence electrons. The minimum Gasteiger partial charge on any atom is -0.463 e. The van der Waals surface area contributed by atoms with Gasteiger partial charge in [-0.05, 0) is 43.2 Å². The monoisotopic (exact) mass is 443 g/mol. The van der Waals surface area contributed by atoms with E-state index in [0.29, 0.717) is 6.07 Å². The highest BCUT2D eigenvalue weighted by Gasteiger charge is 2.34. The Morgan fingerprint density at radius 1 is 1.17 bits per heavy atom. The van der Waals surface area contributed by atoms with E-state index in [2.05, 4.69) is 4.74 Å². The van der Waals surface area contributed by atoms with E-state index >= 15 is 0 Å². The standard InChI is InChI=1S/C19H19F2NO7S/c1-27-19(24)16-5-3-14(29-16)11-28-18(23)12-6-8-22(9-7-12)30(25,26)17-10-13(20)2-4-15(17)21/h2-5,10,12H,6-9,11H2,1H3. The Morgan fingerprint density at radius 3 is 2.53 bits per heavy atom. The zero-order valence-electron chi connectivity index (χ0n) is 16.0. The zero-order valence-corrected chi connectivity index (χ0v) is 16.8. The van der Waals surface area contributed by atoms with Crippen LogP contribution in [0.1, 0.15) is 29.2 Å². The minimum absolute atomic E-state index is 0.0216. The quantitative estimate of drug-likeness (QED) is 0.632. The summed E-state index contributed by atoms with van der Waals surface area (Å²) in [6, 6.07) is 5.10. The average Bonchev–Trinajstić information content (AvgIpc) is 3.22. The lowest BCUT2D eigenvalue weighted by molar-refractivity contribution is -0.151. The number of methoxy groups -OCH3 is 1. The number of hydrogen-bond donors (Lipinski definition) is 0. The van der Waals surface area contributed by atoms with Gasteiger partial charge in [-0.2, -0.15) is 4.31 Å². The summed E-state index contributed by atoms with van der Waals surface area (Å²) in [5.41, 5.74) is 0. The Morgan fingerprint density at radius 2 is 1.87 bits per heavy atom. The molecule has 30 heavy (non-hydrogen) atoms. The molecule has 0 radical (unpaired) electrons. The van der Waals surface area contributed by atoms with E-state index < -0.39 is 44.4 Å². The van der Waals surface area contributed by atoms with Gasteiger partial charge in [-0.25, -0.2) is 22.0 Å². The molecule has 1 aliphatic rings. The van der Waals surface area contributed by atoms with Crippen molar-refractivity contribution >= 4 is 22.0 Å². The molecule has 0 saturated carbocycles. The normalized spacial score (nSPS) is 15.7. The molecule has 2 aromatic rings. The summed E-state index contributed by atoms with van der Waals surface area (Å²) in [5, 5.41) is 0. The lowest BCUT2D eigenvalue weighted by Gasteiger charge is -2.30. The van der Waals surface area contributed by atoms with Crippen LogP contribution in [0.4, 0.5) is 8.78 Å². The van der Waals surface area contributed by atoms with Crippen LogP contribution < -0.4 is 0 Å². The van der Waals surface area contributed by atoms with Crippen molar-refractivity contribution in [1.82, 2.24) is 4.31 Å². The van der Waals surface area contributed by atoms with Gasteiger partial charge in [0.1, 0.15) is 28.9 Å². The molecule has 1 aliphatic heterocycles. The molecule has 8 nitrogen and oxygen atoms in total. The third-order valence-corrected chi connectivity index (χ3v) is 6.62. The molecule has 3 rings (SSSR count). The van der Waals surface area contributed by atoms with E-state index in [4.69, 9.17) is 9.15 Å². The number of carbonyl (C=O) groups excluding carboxylic acids is 2. The van der Waals surface area contributed by atoms with Crippen LogP contribution in [-0.2, 0) is 30.9 Å². The van der Waals surface area contributed by atoms with Crippen LogP contribution in [0.3, 0.4) is 0 Å². The van der Waals surface area contributed by atoms with Gasteiger partial charge in [0, 0.05) is 13.1 Å². The third-order valence-electron chi connectivity index (χ3n) is 4.70. The van der Waals surface area contributed by atoms with Gasteiger partial charge >= 0.3 is 11.9 Å². The second kappa shape index (κ2) is 8.92. The minimum atomic E-state index is -4.22. The number of benzene rings is 1. The van der Waals surface area contributed by atoms with E-state index in [1.54, 1.807) is 0 Å². The molecule has 0 amide bonds. The fourth-order valence-electron chi connectivity index (χ4n) is 3.07. The summed E-state index contributed by atoms with van der Waals surface area (Å²) < 4.78 is 68.3. The first-order valence-corrected chi connectivity index (χ1v) is 10.4. The molecule has 11 heteroatoms. The molecule has 0 aliphatic carbocycles. The fraction of sp³-hybridized carbons (Fsp3) is 0.368. The number of piperidine rings is 1. The molecule has 1 aromatic carbocycles. The maximum atomic E-state index is 13.9. The number of hydrogen-bond acceptors (Lipinski definition) is 7. The molecule has 2 heterocycles. The Labute approximate surface area is 171 Å². The maximum Gasteiger partial charge on any atom is 0.373 e. The summed E-state index contributed by atoms with van der Waals surface area (Å²) in [5.74, 6) is -3.42. The summed E-state index contributed by atoms with van der Waals surface area (Å²) in [6.45, 7) is -0.264. The van der Waals surface area contributed by atoms with Gasteiger partial charge in [0.15, 0.2) is 0 Å². The lowest BCUT2D eigenvalue weighted by atomic mass is 9.98. The molecule has 1 saturated heterocycles. The summed E-state index contributed by atoms with van der Waals surface area (Å²) in [4.78, 5) is 22.9. The van der Waals surface area contributed by atoms with Gasteiger partial charge in [0.2, 0.25) is 15.8 Å². The van der Waals surface area contributed by atoms with Gasteiger partial charge < -0.3 is 13.9 Å². The van der Waals surface area contributed by atoms with Crippen LogP contribution in [0.2, 0.25) is 0 Å². The topological polar surface area (TPSA) is 103 Å². The molecule has 0 unspecified atom stereocenters. The predicted molar refractivity (Wildman–Crippen MR) is 97.7 cm³/mol. The summed E-state index contributed by atoms with van der Waals surface area (Å²) in [7, 11) is -3.01. The summed E-state index contributed by atoms with van der Waals surface area (Å²) >= 11 is 0. The number of nitrogens with zero attached hydrogens (tertiary/aromatic N) is 1. The lowest BCUT2D eigenvalue weighted by Crippen LogP contribution is -2.40. The largest absolute Gasteiger partial charge is 0.463 e. The Balaban J connectivity index is 1.56. The van der Waals surface area contributed by atoms with Crippen molar-refractivity contribution in [2.75, 3.05) is 20.2 Å². The van der Waals surface area contributed by atoms with E-state index in [9.17, 15) is 26.8 Å². The number of esters is 2. The number of ether oxygens (including phenoxy) is 2. The van der Waals surface area contributed by atoms with Crippen molar-refractivity contribution in [3.63, 3.8) is 0 Å². The highest BCUT2D eigenvalue weighted by Crippen LogP contribution is 2.26.